The van der Waals surface area contributed by atoms with E-state index in [2.05, 4.69) is 6.07 Å². The highest BCUT2D eigenvalue weighted by molar-refractivity contribution is 6.31. The molecule has 0 amide bonds. The van der Waals surface area contributed by atoms with E-state index in [0.717, 1.165) is 32.9 Å². The van der Waals surface area contributed by atoms with E-state index in [9.17, 15) is 0 Å². The van der Waals surface area contributed by atoms with Crippen molar-refractivity contribution in [3.8, 4) is 0 Å². The van der Waals surface area contributed by atoms with Gasteiger partial charge >= 0.3 is 0 Å². The Morgan fingerprint density at radius 3 is 2.63 bits per heavy atom. The molecule has 0 aliphatic rings. The highest BCUT2D eigenvalue weighted by Crippen LogP contribution is 2.25. The molecule has 0 saturated carbocycles. The van der Waals surface area contributed by atoms with Crippen molar-refractivity contribution in [2.24, 2.45) is 0 Å². The predicted molar refractivity (Wildman–Crippen MR) is 80.0 cm³/mol. The molecule has 1 nitrogen and oxygen atoms in total. The van der Waals surface area contributed by atoms with Crippen LogP contribution in [0, 0.1) is 0 Å². The number of hydrogen-bond donors (Lipinski definition) is 0. The third kappa shape index (κ3) is 2.63. The van der Waals surface area contributed by atoms with Crippen LogP contribution < -0.4 is 0 Å². The number of rotatable bonds is 3. The van der Waals surface area contributed by atoms with Gasteiger partial charge in [0.15, 0.2) is 0 Å². The molecule has 19 heavy (non-hydrogen) atoms. The topological polar surface area (TPSA) is 13.1 Å². The lowest BCUT2D eigenvalue weighted by molar-refractivity contribution is 0.563. The normalized spacial score (nSPS) is 11.1. The second-order valence-corrected chi connectivity index (χ2v) is 5.16. The van der Waals surface area contributed by atoms with Crippen molar-refractivity contribution in [1.82, 2.24) is 0 Å². The molecule has 3 heteroatoms. The third-order valence-corrected chi connectivity index (χ3v) is 3.78. The standard InChI is InChI=1S/C16H12Cl2O/c17-10-11-5-6-15(18)13(7-11)9-14-8-12-3-1-2-4-16(12)19-14/h1-8H,9-10H2. The molecule has 0 aliphatic heterocycles. The lowest BCUT2D eigenvalue weighted by Crippen LogP contribution is -1.89. The zero-order valence-corrected chi connectivity index (χ0v) is 11.7. The monoisotopic (exact) mass is 290 g/mol. The molecule has 0 N–H and O–H groups in total. The molecule has 0 fully saturated rings. The largest absolute Gasteiger partial charge is 0.461 e. The van der Waals surface area contributed by atoms with Gasteiger partial charge in [0.05, 0.1) is 0 Å². The molecule has 0 atom stereocenters. The van der Waals surface area contributed by atoms with Crippen molar-refractivity contribution in [2.75, 3.05) is 0 Å². The third-order valence-electron chi connectivity index (χ3n) is 3.11. The van der Waals surface area contributed by atoms with E-state index in [4.69, 9.17) is 27.6 Å². The molecule has 0 saturated heterocycles. The van der Waals surface area contributed by atoms with Crippen LogP contribution in [0.25, 0.3) is 11.0 Å². The van der Waals surface area contributed by atoms with Gasteiger partial charge in [0.1, 0.15) is 11.3 Å². The minimum Gasteiger partial charge on any atom is -0.461 e. The predicted octanol–water partition coefficient (Wildman–Crippen LogP) is 5.42. The lowest BCUT2D eigenvalue weighted by atomic mass is 10.1. The maximum atomic E-state index is 6.22. The zero-order valence-electron chi connectivity index (χ0n) is 10.2. The van der Waals surface area contributed by atoms with Crippen LogP contribution in [0.15, 0.2) is 52.9 Å². The summed E-state index contributed by atoms with van der Waals surface area (Å²) in [5.74, 6) is 1.40. The Morgan fingerprint density at radius 2 is 1.84 bits per heavy atom. The number of furan rings is 1. The van der Waals surface area contributed by atoms with Crippen LogP contribution >= 0.6 is 23.2 Å². The van der Waals surface area contributed by atoms with Crippen LogP contribution in [0.3, 0.4) is 0 Å². The Hall–Kier alpha value is -1.44. The first-order valence-corrected chi connectivity index (χ1v) is 6.98. The number of benzene rings is 2. The number of hydrogen-bond acceptors (Lipinski definition) is 1. The van der Waals surface area contributed by atoms with Gasteiger partial charge in [0.25, 0.3) is 0 Å². The number of fused-ring (bicyclic) bond motifs is 1. The van der Waals surface area contributed by atoms with Crippen molar-refractivity contribution in [1.29, 1.82) is 0 Å². The van der Waals surface area contributed by atoms with Crippen LogP contribution in [0.4, 0.5) is 0 Å². The minimum atomic E-state index is 0.490. The zero-order chi connectivity index (χ0) is 13.2. The van der Waals surface area contributed by atoms with E-state index < -0.39 is 0 Å². The molecule has 3 rings (SSSR count). The van der Waals surface area contributed by atoms with Gasteiger partial charge in [0, 0.05) is 22.7 Å². The van der Waals surface area contributed by atoms with Gasteiger partial charge in [-0.2, -0.15) is 0 Å². The molecule has 3 aromatic rings. The average molecular weight is 291 g/mol. The highest BCUT2D eigenvalue weighted by atomic mass is 35.5. The van der Waals surface area contributed by atoms with E-state index in [1.54, 1.807) is 0 Å². The smallest absolute Gasteiger partial charge is 0.134 e. The van der Waals surface area contributed by atoms with Crippen LogP contribution in [-0.4, -0.2) is 0 Å². The fraction of sp³-hybridized carbons (Fsp3) is 0.125. The van der Waals surface area contributed by atoms with E-state index in [1.165, 1.54) is 0 Å². The summed E-state index contributed by atoms with van der Waals surface area (Å²) in [6.45, 7) is 0. The second-order valence-electron chi connectivity index (χ2n) is 4.49. The van der Waals surface area contributed by atoms with Crippen molar-refractivity contribution in [3.05, 3.63) is 70.4 Å². The molecule has 0 spiro atoms. The SMILES string of the molecule is ClCc1ccc(Cl)c(Cc2cc3ccccc3o2)c1. The van der Waals surface area contributed by atoms with E-state index in [-0.39, 0.29) is 0 Å². The van der Waals surface area contributed by atoms with Crippen LogP contribution in [0.5, 0.6) is 0 Å². The van der Waals surface area contributed by atoms with E-state index >= 15 is 0 Å². The van der Waals surface area contributed by atoms with Gasteiger partial charge < -0.3 is 4.42 Å². The van der Waals surface area contributed by atoms with Gasteiger partial charge in [-0.25, -0.2) is 0 Å². The molecule has 0 unspecified atom stereocenters. The molecular formula is C16H12Cl2O. The Labute approximate surface area is 121 Å². The number of alkyl halides is 1. The minimum absolute atomic E-state index is 0.490. The molecule has 0 radical (unpaired) electrons. The Bertz CT molecular complexity index is 683. The first kappa shape index (κ1) is 12.6. The van der Waals surface area contributed by atoms with Gasteiger partial charge in [-0.05, 0) is 29.3 Å². The summed E-state index contributed by atoms with van der Waals surface area (Å²) in [5, 5.41) is 1.86. The van der Waals surface area contributed by atoms with Crippen LogP contribution in [0.1, 0.15) is 16.9 Å². The molecule has 2 aromatic carbocycles. The molecular weight excluding hydrogens is 279 g/mol. The summed E-state index contributed by atoms with van der Waals surface area (Å²) in [6, 6.07) is 15.9. The van der Waals surface area contributed by atoms with Gasteiger partial charge in [0.2, 0.25) is 0 Å². The van der Waals surface area contributed by atoms with Crippen molar-refractivity contribution < 1.29 is 4.42 Å². The maximum Gasteiger partial charge on any atom is 0.134 e. The molecule has 1 heterocycles. The second kappa shape index (κ2) is 5.28. The molecule has 0 bridgehead atoms. The fourth-order valence-corrected chi connectivity index (χ4v) is 2.51. The van der Waals surface area contributed by atoms with Gasteiger partial charge in [-0.15, -0.1) is 11.6 Å². The summed E-state index contributed by atoms with van der Waals surface area (Å²) < 4.78 is 5.81. The van der Waals surface area contributed by atoms with Crippen molar-refractivity contribution >= 4 is 34.2 Å². The first-order chi connectivity index (χ1) is 9.26. The number of halogens is 2. The van der Waals surface area contributed by atoms with Crippen molar-refractivity contribution in [2.45, 2.75) is 12.3 Å². The summed E-state index contributed by atoms with van der Waals surface area (Å²) in [7, 11) is 0. The van der Waals surface area contributed by atoms with E-state index in [0.29, 0.717) is 12.3 Å². The Morgan fingerprint density at radius 1 is 1.00 bits per heavy atom. The quantitative estimate of drug-likeness (QED) is 0.587. The molecule has 1 aromatic heterocycles. The summed E-state index contributed by atoms with van der Waals surface area (Å²) in [4.78, 5) is 0. The van der Waals surface area contributed by atoms with Gasteiger partial charge in [-0.1, -0.05) is 41.9 Å². The van der Waals surface area contributed by atoms with Crippen molar-refractivity contribution in [3.63, 3.8) is 0 Å². The van der Waals surface area contributed by atoms with Crippen LogP contribution in [0.2, 0.25) is 5.02 Å². The van der Waals surface area contributed by atoms with Crippen LogP contribution in [-0.2, 0) is 12.3 Å². The maximum absolute atomic E-state index is 6.22. The molecule has 0 aliphatic carbocycles. The Balaban J connectivity index is 1.96. The first-order valence-electron chi connectivity index (χ1n) is 6.07. The highest BCUT2D eigenvalue weighted by Gasteiger charge is 2.08. The Kier molecular flexibility index (Phi) is 3.50. The average Bonchev–Trinajstić information content (AvgIpc) is 2.83. The van der Waals surface area contributed by atoms with Gasteiger partial charge in [-0.3, -0.25) is 0 Å². The summed E-state index contributed by atoms with van der Waals surface area (Å²) in [6.07, 6.45) is 0.679. The van der Waals surface area contributed by atoms with E-state index in [1.807, 2.05) is 42.5 Å². The summed E-state index contributed by atoms with van der Waals surface area (Å²) >= 11 is 12.1. The fourth-order valence-electron chi connectivity index (χ4n) is 2.16. The molecule has 96 valence electrons. The summed E-state index contributed by atoms with van der Waals surface area (Å²) in [5.41, 5.74) is 3.01. The lowest BCUT2D eigenvalue weighted by Gasteiger charge is -2.04. The number of para-hydroxylation sites is 1.